The molecule has 13 heteroatoms. The molecule has 178 valence electrons. The Morgan fingerprint density at radius 2 is 2.06 bits per heavy atom. The van der Waals surface area contributed by atoms with Crippen LogP contribution in [0.15, 0.2) is 36.8 Å². The van der Waals surface area contributed by atoms with E-state index in [1.54, 1.807) is 30.5 Å². The Bertz CT molecular complexity index is 1320. The highest BCUT2D eigenvalue weighted by Crippen LogP contribution is 2.40. The topological polar surface area (TPSA) is 142 Å². The van der Waals surface area contributed by atoms with Gasteiger partial charge in [0.1, 0.15) is 16.7 Å². The molecule has 2 N–H and O–H groups in total. The zero-order valence-electron chi connectivity index (χ0n) is 19.0. The number of H-pyrrole nitrogens is 1. The van der Waals surface area contributed by atoms with Gasteiger partial charge in [0.2, 0.25) is 17.7 Å². The quantitative estimate of drug-likeness (QED) is 0.415. The second-order valence-corrected chi connectivity index (χ2v) is 9.61. The van der Waals surface area contributed by atoms with Gasteiger partial charge in [-0.3, -0.25) is 9.78 Å². The summed E-state index contributed by atoms with van der Waals surface area (Å²) in [6.45, 7) is 0. The van der Waals surface area contributed by atoms with Crippen molar-refractivity contribution in [3.05, 3.63) is 42.5 Å². The molecule has 0 spiro atoms. The van der Waals surface area contributed by atoms with Crippen LogP contribution in [0.25, 0.3) is 10.8 Å². The molecule has 0 unspecified atom stereocenters. The van der Waals surface area contributed by atoms with Gasteiger partial charge in [0.15, 0.2) is 10.8 Å². The van der Waals surface area contributed by atoms with Crippen molar-refractivity contribution in [2.75, 3.05) is 22.2 Å². The molecule has 4 aromatic rings. The van der Waals surface area contributed by atoms with E-state index in [9.17, 15) is 4.79 Å². The molecular weight excluding hydrogens is 466 g/mol. The van der Waals surface area contributed by atoms with Gasteiger partial charge in [0.05, 0.1) is 12.4 Å². The van der Waals surface area contributed by atoms with E-state index in [-0.39, 0.29) is 18.0 Å². The Morgan fingerprint density at radius 3 is 2.83 bits per heavy atom. The number of carbonyl (C=O) groups is 1. The summed E-state index contributed by atoms with van der Waals surface area (Å²) in [4.78, 5) is 35.6. The van der Waals surface area contributed by atoms with Crippen LogP contribution < -0.4 is 15.1 Å². The van der Waals surface area contributed by atoms with Crippen molar-refractivity contribution in [2.45, 2.75) is 44.2 Å². The fourth-order valence-electron chi connectivity index (χ4n) is 4.77. The lowest BCUT2D eigenvalue weighted by Gasteiger charge is -2.43. The maximum atomic E-state index is 13.5. The van der Waals surface area contributed by atoms with Gasteiger partial charge < -0.3 is 15.1 Å². The van der Waals surface area contributed by atoms with Crippen LogP contribution in [0.3, 0.4) is 0 Å². The maximum absolute atomic E-state index is 13.5. The molecule has 4 aromatic heterocycles. The number of nitrogens with zero attached hydrogens (tertiary/aromatic N) is 9. The Labute approximate surface area is 204 Å². The van der Waals surface area contributed by atoms with Crippen LogP contribution in [0.4, 0.5) is 22.5 Å². The number of carbonyl (C=O) groups excluding carboxylic acids is 1. The molecule has 1 amide bonds. The summed E-state index contributed by atoms with van der Waals surface area (Å²) in [5.74, 6) is 1.67. The highest BCUT2D eigenvalue weighted by molar-refractivity contribution is 7.18. The molecule has 0 saturated heterocycles. The van der Waals surface area contributed by atoms with Crippen LogP contribution in [-0.2, 0) is 11.2 Å². The molecule has 1 atom stereocenters. The first kappa shape index (κ1) is 21.5. The van der Waals surface area contributed by atoms with E-state index >= 15 is 0 Å². The number of amides is 1. The number of hydrogen-bond donors (Lipinski definition) is 2. The molecule has 5 heterocycles. The minimum atomic E-state index is -0.374. The molecule has 0 radical (unpaired) electrons. The van der Waals surface area contributed by atoms with E-state index in [4.69, 9.17) is 4.98 Å². The zero-order valence-corrected chi connectivity index (χ0v) is 19.8. The summed E-state index contributed by atoms with van der Waals surface area (Å²) >= 11 is 1.38. The summed E-state index contributed by atoms with van der Waals surface area (Å²) in [6, 6.07) is 5.68. The van der Waals surface area contributed by atoms with Gasteiger partial charge in [-0.25, -0.2) is 9.97 Å². The Balaban J connectivity index is 1.35. The van der Waals surface area contributed by atoms with Gasteiger partial charge in [-0.2, -0.15) is 10.2 Å². The number of likely N-dealkylation sites (N-methyl/N-ethyl adjacent to an activating group) is 1. The molecule has 2 aliphatic rings. The first-order chi connectivity index (χ1) is 17.2. The number of nitrogens with one attached hydrogen (secondary N) is 2. The van der Waals surface area contributed by atoms with Crippen molar-refractivity contribution in [1.82, 2.24) is 40.6 Å². The molecule has 6 rings (SSSR count). The van der Waals surface area contributed by atoms with Crippen molar-refractivity contribution in [3.63, 3.8) is 0 Å². The average Bonchev–Trinajstić information content (AvgIpc) is 3.66. The van der Waals surface area contributed by atoms with Gasteiger partial charge in [-0.1, -0.05) is 30.2 Å². The molecule has 1 saturated carbocycles. The smallest absolute Gasteiger partial charge is 0.250 e. The first-order valence-corrected chi connectivity index (χ1v) is 12.3. The molecule has 1 aliphatic heterocycles. The van der Waals surface area contributed by atoms with E-state index in [1.807, 2.05) is 18.2 Å². The van der Waals surface area contributed by atoms with Crippen LogP contribution in [0.5, 0.6) is 0 Å². The third kappa shape index (κ3) is 4.07. The van der Waals surface area contributed by atoms with Crippen LogP contribution in [-0.4, -0.2) is 65.6 Å². The molecule has 1 aliphatic carbocycles. The van der Waals surface area contributed by atoms with Crippen molar-refractivity contribution in [3.8, 4) is 10.8 Å². The van der Waals surface area contributed by atoms with Crippen molar-refractivity contribution >= 4 is 39.7 Å². The van der Waals surface area contributed by atoms with Crippen molar-refractivity contribution < 1.29 is 4.79 Å². The molecule has 1 fully saturated rings. The summed E-state index contributed by atoms with van der Waals surface area (Å²) in [6.07, 6.45) is 10.0. The third-order valence-electron chi connectivity index (χ3n) is 6.43. The van der Waals surface area contributed by atoms with Gasteiger partial charge in [0, 0.05) is 31.4 Å². The summed E-state index contributed by atoms with van der Waals surface area (Å²) in [5, 5.41) is 18.6. The number of anilines is 4. The predicted octanol–water partition coefficient (Wildman–Crippen LogP) is 2.59. The SMILES string of the molecule is CN1C(=O)[C@@H](Cc2ccccn2)N(C2CCCC2)c2nc(Nc3cnc(-c4nn[nH]n4)s3)ncc21. The lowest BCUT2D eigenvalue weighted by Crippen LogP contribution is -2.57. The average molecular weight is 490 g/mol. The Kier molecular flexibility index (Phi) is 5.52. The summed E-state index contributed by atoms with van der Waals surface area (Å²) in [7, 11) is 1.79. The maximum Gasteiger partial charge on any atom is 0.250 e. The Hall–Kier alpha value is -4.00. The van der Waals surface area contributed by atoms with E-state index < -0.39 is 0 Å². The minimum absolute atomic E-state index is 0.0339. The normalized spacial score (nSPS) is 18.2. The van der Waals surface area contributed by atoms with Crippen molar-refractivity contribution in [1.29, 1.82) is 0 Å². The van der Waals surface area contributed by atoms with Crippen LogP contribution in [0.1, 0.15) is 31.4 Å². The highest BCUT2D eigenvalue weighted by Gasteiger charge is 2.42. The lowest BCUT2D eigenvalue weighted by atomic mass is 10.0. The number of aromatic nitrogens is 8. The number of rotatable bonds is 6. The summed E-state index contributed by atoms with van der Waals surface area (Å²) < 4.78 is 0. The van der Waals surface area contributed by atoms with Crippen LogP contribution >= 0.6 is 11.3 Å². The molecule has 0 bridgehead atoms. The molecule has 35 heavy (non-hydrogen) atoms. The fraction of sp³-hybridized carbons (Fsp3) is 0.364. The second kappa shape index (κ2) is 8.98. The van der Waals surface area contributed by atoms with Crippen LogP contribution in [0.2, 0.25) is 0 Å². The fourth-order valence-corrected chi connectivity index (χ4v) is 5.51. The second-order valence-electron chi connectivity index (χ2n) is 8.58. The number of aromatic amines is 1. The molecule has 0 aromatic carbocycles. The lowest BCUT2D eigenvalue weighted by molar-refractivity contribution is -0.120. The molecular formula is C22H23N11OS. The monoisotopic (exact) mass is 489 g/mol. The number of hydrogen-bond acceptors (Lipinski definition) is 11. The van der Waals surface area contributed by atoms with Gasteiger partial charge in [-0.05, 0) is 30.2 Å². The largest absolute Gasteiger partial charge is 0.339 e. The predicted molar refractivity (Wildman–Crippen MR) is 130 cm³/mol. The minimum Gasteiger partial charge on any atom is -0.339 e. The standard InChI is InChI=1S/C22H23N11OS/c1-32-16-11-25-22(26-17-12-24-20(35-17)18-28-30-31-29-18)27-19(16)33(14-7-2-3-8-14)15(21(32)34)10-13-6-4-5-9-23-13/h4-6,9,11-12,14-15H,2-3,7-8,10H2,1H3,(H,25,26,27)(H,28,29,30,31)/t15-/m1/s1. The van der Waals surface area contributed by atoms with Crippen molar-refractivity contribution in [2.24, 2.45) is 0 Å². The van der Waals surface area contributed by atoms with E-state index in [0.717, 1.165) is 42.2 Å². The highest BCUT2D eigenvalue weighted by atomic mass is 32.1. The van der Waals surface area contributed by atoms with E-state index in [0.29, 0.717) is 28.9 Å². The van der Waals surface area contributed by atoms with Gasteiger partial charge >= 0.3 is 0 Å². The van der Waals surface area contributed by atoms with Crippen LogP contribution in [0, 0.1) is 0 Å². The van der Waals surface area contributed by atoms with Gasteiger partial charge in [-0.15, -0.1) is 10.2 Å². The first-order valence-electron chi connectivity index (χ1n) is 11.5. The number of thiazole rings is 1. The third-order valence-corrected chi connectivity index (χ3v) is 7.34. The van der Waals surface area contributed by atoms with Gasteiger partial charge in [0.25, 0.3) is 0 Å². The van der Waals surface area contributed by atoms with E-state index in [2.05, 4.69) is 45.8 Å². The number of pyridine rings is 1. The molecule has 12 nitrogen and oxygen atoms in total. The summed E-state index contributed by atoms with van der Waals surface area (Å²) in [5.41, 5.74) is 1.60. The number of fused-ring (bicyclic) bond motifs is 1. The van der Waals surface area contributed by atoms with E-state index in [1.165, 1.54) is 11.3 Å². The Morgan fingerprint density at radius 1 is 1.17 bits per heavy atom. The zero-order chi connectivity index (χ0) is 23.8. The number of tetrazole rings is 1.